The molecule has 1 aliphatic carbocycles. The molecule has 2 atom stereocenters. The fourth-order valence-electron chi connectivity index (χ4n) is 3.64. The maximum atomic E-state index is 12.8. The first-order valence-corrected chi connectivity index (χ1v) is 11.6. The molecular weight excluding hydrogens is 396 g/mol. The molecule has 0 saturated heterocycles. The SMILES string of the molecule is C[C@H]1CCc2c(sc3nc([C@H](C)Sc4ncnc5sccc45)[nH]c(=O)c23)C1. The number of rotatable bonds is 3. The van der Waals surface area contributed by atoms with Crippen LogP contribution in [-0.4, -0.2) is 19.9 Å². The van der Waals surface area contributed by atoms with Crippen LogP contribution >= 0.6 is 34.4 Å². The van der Waals surface area contributed by atoms with Crippen LogP contribution in [0.15, 0.2) is 27.6 Å². The number of aryl methyl sites for hydroxylation is 1. The van der Waals surface area contributed by atoms with Gasteiger partial charge in [0, 0.05) is 10.3 Å². The molecule has 0 radical (unpaired) electrons. The highest BCUT2D eigenvalue weighted by atomic mass is 32.2. The first-order valence-electron chi connectivity index (χ1n) is 8.99. The number of nitrogens with zero attached hydrogens (tertiary/aromatic N) is 3. The predicted molar refractivity (Wildman–Crippen MR) is 113 cm³/mol. The first-order chi connectivity index (χ1) is 13.1. The Bertz CT molecular complexity index is 1210. The van der Waals surface area contributed by atoms with Gasteiger partial charge in [0.1, 0.15) is 26.8 Å². The molecule has 8 heteroatoms. The number of aromatic nitrogens is 4. The van der Waals surface area contributed by atoms with Gasteiger partial charge in [-0.25, -0.2) is 15.0 Å². The number of fused-ring (bicyclic) bond motifs is 4. The Balaban J connectivity index is 1.53. The highest BCUT2D eigenvalue weighted by Crippen LogP contribution is 2.39. The van der Waals surface area contributed by atoms with E-state index >= 15 is 0 Å². The number of thiophene rings is 2. The Hall–Kier alpha value is -1.77. The number of hydrogen-bond donors (Lipinski definition) is 1. The van der Waals surface area contributed by atoms with Gasteiger partial charge < -0.3 is 4.98 Å². The Morgan fingerprint density at radius 3 is 3.11 bits per heavy atom. The summed E-state index contributed by atoms with van der Waals surface area (Å²) in [5, 5.41) is 4.82. The Morgan fingerprint density at radius 2 is 2.22 bits per heavy atom. The third kappa shape index (κ3) is 2.99. The lowest BCUT2D eigenvalue weighted by Crippen LogP contribution is -2.15. The first kappa shape index (κ1) is 17.3. The normalized spacial score (nSPS) is 18.1. The second kappa shape index (κ2) is 6.68. The van der Waals surface area contributed by atoms with Crippen molar-refractivity contribution >= 4 is 54.9 Å². The van der Waals surface area contributed by atoms with Gasteiger partial charge in [0.15, 0.2) is 0 Å². The molecule has 0 saturated carbocycles. The minimum Gasteiger partial charge on any atom is -0.309 e. The largest absolute Gasteiger partial charge is 0.309 e. The zero-order valence-corrected chi connectivity index (χ0v) is 17.4. The minimum atomic E-state index is -0.00197. The van der Waals surface area contributed by atoms with Gasteiger partial charge in [-0.2, -0.15) is 0 Å². The summed E-state index contributed by atoms with van der Waals surface area (Å²) in [6.45, 7) is 4.34. The third-order valence-corrected chi connectivity index (χ3v) is 8.18. The van der Waals surface area contributed by atoms with E-state index in [2.05, 4.69) is 28.8 Å². The van der Waals surface area contributed by atoms with E-state index in [0.717, 1.165) is 44.7 Å². The van der Waals surface area contributed by atoms with Crippen LogP contribution in [0.2, 0.25) is 0 Å². The van der Waals surface area contributed by atoms with Crippen molar-refractivity contribution < 1.29 is 0 Å². The molecular formula is C19H18N4OS3. The van der Waals surface area contributed by atoms with Crippen molar-refractivity contribution in [2.75, 3.05) is 0 Å². The fourth-order valence-corrected chi connectivity index (χ4v) is 6.79. The maximum absolute atomic E-state index is 12.8. The van der Waals surface area contributed by atoms with Crippen molar-refractivity contribution in [1.82, 2.24) is 19.9 Å². The van der Waals surface area contributed by atoms with Crippen molar-refractivity contribution in [2.45, 2.75) is 43.4 Å². The summed E-state index contributed by atoms with van der Waals surface area (Å²) in [6, 6.07) is 2.04. The molecule has 4 heterocycles. The maximum Gasteiger partial charge on any atom is 0.259 e. The molecule has 4 aromatic rings. The van der Waals surface area contributed by atoms with E-state index in [9.17, 15) is 4.79 Å². The summed E-state index contributed by atoms with van der Waals surface area (Å²) in [5.41, 5.74) is 1.22. The Kier molecular flexibility index (Phi) is 4.29. The van der Waals surface area contributed by atoms with Gasteiger partial charge in [0.05, 0.1) is 10.6 Å². The molecule has 0 aromatic carbocycles. The van der Waals surface area contributed by atoms with E-state index in [4.69, 9.17) is 4.98 Å². The van der Waals surface area contributed by atoms with Crippen molar-refractivity contribution in [3.63, 3.8) is 0 Å². The van der Waals surface area contributed by atoms with Crippen LogP contribution in [0.3, 0.4) is 0 Å². The van der Waals surface area contributed by atoms with Crippen LogP contribution < -0.4 is 5.56 Å². The average Bonchev–Trinajstić information content (AvgIpc) is 3.25. The van der Waals surface area contributed by atoms with Gasteiger partial charge in [-0.3, -0.25) is 4.79 Å². The van der Waals surface area contributed by atoms with E-state index in [0.29, 0.717) is 11.7 Å². The molecule has 0 bridgehead atoms. The third-order valence-electron chi connectivity index (χ3n) is 5.08. The van der Waals surface area contributed by atoms with Crippen LogP contribution in [0.4, 0.5) is 0 Å². The van der Waals surface area contributed by atoms with E-state index in [-0.39, 0.29) is 10.8 Å². The summed E-state index contributed by atoms with van der Waals surface area (Å²) in [4.78, 5) is 32.6. The molecule has 4 aromatic heterocycles. The van der Waals surface area contributed by atoms with E-state index in [1.54, 1.807) is 40.8 Å². The molecule has 0 amide bonds. The smallest absolute Gasteiger partial charge is 0.259 e. The second-order valence-electron chi connectivity index (χ2n) is 7.06. The predicted octanol–water partition coefficient (Wildman–Crippen LogP) is 4.97. The lowest BCUT2D eigenvalue weighted by atomic mass is 9.89. The highest BCUT2D eigenvalue weighted by Gasteiger charge is 2.24. The van der Waals surface area contributed by atoms with Crippen molar-refractivity contribution in [2.24, 2.45) is 5.92 Å². The molecule has 138 valence electrons. The molecule has 1 N–H and O–H groups in total. The van der Waals surface area contributed by atoms with Gasteiger partial charge in [0.25, 0.3) is 5.56 Å². The molecule has 5 rings (SSSR count). The van der Waals surface area contributed by atoms with Crippen LogP contribution in [0.1, 0.15) is 41.8 Å². The van der Waals surface area contributed by atoms with Crippen LogP contribution in [-0.2, 0) is 12.8 Å². The van der Waals surface area contributed by atoms with Gasteiger partial charge in [0.2, 0.25) is 0 Å². The zero-order chi connectivity index (χ0) is 18.5. The lowest BCUT2D eigenvalue weighted by Gasteiger charge is -2.17. The average molecular weight is 415 g/mol. The molecule has 0 aliphatic heterocycles. The number of thioether (sulfide) groups is 1. The van der Waals surface area contributed by atoms with E-state index < -0.39 is 0 Å². The standard InChI is InChI=1S/C19H18N4OS3/c1-9-3-4-11-13(7-9)27-19-14(11)16(24)22-15(23-19)10(2)26-18-12-5-6-25-17(12)20-8-21-18/h5-6,8-10H,3-4,7H2,1-2H3,(H,22,23,24)/t9-,10-/m0/s1. The molecule has 0 unspecified atom stereocenters. The Morgan fingerprint density at radius 1 is 1.33 bits per heavy atom. The number of aromatic amines is 1. The zero-order valence-electron chi connectivity index (χ0n) is 15.0. The van der Waals surface area contributed by atoms with Gasteiger partial charge >= 0.3 is 0 Å². The van der Waals surface area contributed by atoms with E-state index in [1.165, 1.54) is 10.4 Å². The van der Waals surface area contributed by atoms with Crippen molar-refractivity contribution in [3.05, 3.63) is 44.4 Å². The van der Waals surface area contributed by atoms with Gasteiger partial charge in [-0.15, -0.1) is 22.7 Å². The van der Waals surface area contributed by atoms with Crippen LogP contribution in [0, 0.1) is 5.92 Å². The summed E-state index contributed by atoms with van der Waals surface area (Å²) in [5.74, 6) is 1.40. The quantitative estimate of drug-likeness (QED) is 0.379. The minimum absolute atomic E-state index is 0.00171. The summed E-state index contributed by atoms with van der Waals surface area (Å²) < 4.78 is 0. The number of hydrogen-bond acceptors (Lipinski definition) is 7. The van der Waals surface area contributed by atoms with E-state index in [1.807, 2.05) is 11.4 Å². The van der Waals surface area contributed by atoms with Gasteiger partial charge in [-0.1, -0.05) is 18.7 Å². The number of H-pyrrole nitrogens is 1. The summed E-state index contributed by atoms with van der Waals surface area (Å²) in [6.07, 6.45) is 4.80. The number of nitrogens with one attached hydrogen (secondary N) is 1. The molecule has 1 aliphatic rings. The van der Waals surface area contributed by atoms with Crippen molar-refractivity contribution in [1.29, 1.82) is 0 Å². The molecule has 0 fully saturated rings. The fraction of sp³-hybridized carbons (Fsp3) is 0.368. The monoisotopic (exact) mass is 414 g/mol. The summed E-state index contributed by atoms with van der Waals surface area (Å²) >= 11 is 4.91. The van der Waals surface area contributed by atoms with Crippen LogP contribution in [0.5, 0.6) is 0 Å². The molecule has 27 heavy (non-hydrogen) atoms. The topological polar surface area (TPSA) is 71.5 Å². The summed E-state index contributed by atoms with van der Waals surface area (Å²) in [7, 11) is 0. The van der Waals surface area contributed by atoms with Gasteiger partial charge in [-0.05, 0) is 49.1 Å². The highest BCUT2D eigenvalue weighted by molar-refractivity contribution is 7.99. The second-order valence-corrected chi connectivity index (χ2v) is 10.4. The van der Waals surface area contributed by atoms with Crippen molar-refractivity contribution in [3.8, 4) is 0 Å². The Labute approximate surface area is 168 Å². The lowest BCUT2D eigenvalue weighted by molar-refractivity contribution is 0.509. The molecule has 5 nitrogen and oxygen atoms in total. The van der Waals surface area contributed by atoms with Crippen LogP contribution in [0.25, 0.3) is 20.4 Å². The molecule has 0 spiro atoms.